The highest BCUT2D eigenvalue weighted by molar-refractivity contribution is 5.94. The fourth-order valence-electron chi connectivity index (χ4n) is 2.99. The normalized spacial score (nSPS) is 12.2. The summed E-state index contributed by atoms with van der Waals surface area (Å²) in [5, 5.41) is 10.6. The number of amides is 1. The fraction of sp³-hybridized carbons (Fsp3) is 0.421. The number of hydrogen-bond donors (Lipinski definition) is 1. The second-order valence-electron chi connectivity index (χ2n) is 6.77. The minimum atomic E-state index is -0.950. The molecule has 0 unspecified atom stereocenters. The molecule has 148 valence electrons. The summed E-state index contributed by atoms with van der Waals surface area (Å²) in [6, 6.07) is 3.49. The summed E-state index contributed by atoms with van der Waals surface area (Å²) in [5.74, 6) is -0.732. The lowest BCUT2D eigenvalue weighted by Crippen LogP contribution is -2.30. The number of aromatic nitrogens is 4. The summed E-state index contributed by atoms with van der Waals surface area (Å²) in [6.45, 7) is 9.01. The molecule has 0 spiro atoms. The van der Waals surface area contributed by atoms with Crippen molar-refractivity contribution >= 4 is 23.4 Å². The minimum Gasteiger partial charge on any atom is -0.453 e. The van der Waals surface area contributed by atoms with Crippen LogP contribution in [-0.2, 0) is 20.7 Å². The molecule has 0 aliphatic rings. The van der Waals surface area contributed by atoms with Gasteiger partial charge in [0.2, 0.25) is 5.88 Å². The van der Waals surface area contributed by atoms with Crippen LogP contribution in [0.1, 0.15) is 41.7 Å². The molecule has 3 rings (SSSR count). The predicted molar refractivity (Wildman–Crippen MR) is 101 cm³/mol. The van der Waals surface area contributed by atoms with Crippen LogP contribution in [0, 0.1) is 27.7 Å². The maximum atomic E-state index is 12.2. The number of carbonyl (C=O) groups is 2. The summed E-state index contributed by atoms with van der Waals surface area (Å²) in [7, 11) is 0. The number of esters is 1. The average molecular weight is 385 g/mol. The Kier molecular flexibility index (Phi) is 5.43. The SMILES string of the molecule is Cc1cc(NC(=O)[C@@H](C)OC(=O)CCc2c(C)nc3cc(C)nn3c2C)on1. The van der Waals surface area contributed by atoms with Gasteiger partial charge in [-0.25, -0.2) is 9.50 Å². The van der Waals surface area contributed by atoms with E-state index in [9.17, 15) is 9.59 Å². The third kappa shape index (κ3) is 4.19. The smallest absolute Gasteiger partial charge is 0.306 e. The van der Waals surface area contributed by atoms with Gasteiger partial charge < -0.3 is 9.26 Å². The molecule has 0 saturated heterocycles. The molecule has 0 fully saturated rings. The van der Waals surface area contributed by atoms with Crippen molar-refractivity contribution in [3.05, 3.63) is 40.5 Å². The van der Waals surface area contributed by atoms with E-state index in [1.165, 1.54) is 6.92 Å². The molecule has 3 aromatic heterocycles. The first-order chi connectivity index (χ1) is 13.2. The molecule has 3 heterocycles. The minimum absolute atomic E-state index is 0.133. The van der Waals surface area contributed by atoms with Gasteiger partial charge in [-0.05, 0) is 46.6 Å². The van der Waals surface area contributed by atoms with Gasteiger partial charge >= 0.3 is 5.97 Å². The van der Waals surface area contributed by atoms with Crippen LogP contribution in [0.4, 0.5) is 5.88 Å². The number of anilines is 1. The van der Waals surface area contributed by atoms with E-state index in [0.717, 1.165) is 28.3 Å². The van der Waals surface area contributed by atoms with Crippen molar-refractivity contribution < 1.29 is 18.8 Å². The Labute approximate surface area is 162 Å². The van der Waals surface area contributed by atoms with Crippen LogP contribution in [0.25, 0.3) is 5.65 Å². The molecule has 3 aromatic rings. The van der Waals surface area contributed by atoms with E-state index in [2.05, 4.69) is 20.6 Å². The molecule has 1 amide bonds. The van der Waals surface area contributed by atoms with Crippen LogP contribution < -0.4 is 5.32 Å². The van der Waals surface area contributed by atoms with Gasteiger partial charge in [0.15, 0.2) is 11.8 Å². The summed E-state index contributed by atoms with van der Waals surface area (Å²) in [5.41, 5.74) is 5.05. The number of rotatable bonds is 6. The number of fused-ring (bicyclic) bond motifs is 1. The predicted octanol–water partition coefficient (Wildman–Crippen LogP) is 2.45. The molecule has 0 aliphatic carbocycles. The van der Waals surface area contributed by atoms with Gasteiger partial charge in [-0.2, -0.15) is 5.10 Å². The van der Waals surface area contributed by atoms with E-state index < -0.39 is 18.0 Å². The van der Waals surface area contributed by atoms with E-state index in [-0.39, 0.29) is 12.3 Å². The van der Waals surface area contributed by atoms with Crippen LogP contribution in [0.15, 0.2) is 16.7 Å². The van der Waals surface area contributed by atoms with Crippen molar-refractivity contribution in [2.45, 2.75) is 53.6 Å². The summed E-state index contributed by atoms with van der Waals surface area (Å²) in [4.78, 5) is 28.8. The Morgan fingerprint density at radius 2 is 1.96 bits per heavy atom. The molecule has 1 atom stereocenters. The van der Waals surface area contributed by atoms with Crippen molar-refractivity contribution in [3.63, 3.8) is 0 Å². The molecular weight excluding hydrogens is 362 g/mol. The van der Waals surface area contributed by atoms with E-state index in [4.69, 9.17) is 9.26 Å². The Morgan fingerprint density at radius 3 is 2.64 bits per heavy atom. The Bertz CT molecular complexity index is 1040. The van der Waals surface area contributed by atoms with E-state index in [1.54, 1.807) is 17.5 Å². The quantitative estimate of drug-likeness (QED) is 0.649. The van der Waals surface area contributed by atoms with Crippen molar-refractivity contribution in [3.8, 4) is 0 Å². The zero-order valence-electron chi connectivity index (χ0n) is 16.6. The van der Waals surface area contributed by atoms with Crippen molar-refractivity contribution in [2.24, 2.45) is 0 Å². The van der Waals surface area contributed by atoms with E-state index >= 15 is 0 Å². The lowest BCUT2D eigenvalue weighted by molar-refractivity contribution is -0.153. The van der Waals surface area contributed by atoms with Crippen LogP contribution in [0.3, 0.4) is 0 Å². The van der Waals surface area contributed by atoms with E-state index in [0.29, 0.717) is 12.1 Å². The highest BCUT2D eigenvalue weighted by Crippen LogP contribution is 2.17. The molecule has 1 N–H and O–H groups in total. The zero-order valence-corrected chi connectivity index (χ0v) is 16.6. The lowest BCUT2D eigenvalue weighted by atomic mass is 10.1. The third-order valence-electron chi connectivity index (χ3n) is 4.42. The number of ether oxygens (including phenoxy) is 1. The first kappa shape index (κ1) is 19.5. The standard InChI is InChI=1S/C19H23N5O4/c1-10-8-16-20-12(3)15(13(4)24(16)22-10)6-7-18(25)27-14(5)19(26)21-17-9-11(2)23-28-17/h8-9,14H,6-7H2,1-5H3,(H,21,26)/t14-/m1/s1. The van der Waals surface area contributed by atoms with Crippen molar-refractivity contribution in [2.75, 3.05) is 5.32 Å². The van der Waals surface area contributed by atoms with Crippen LogP contribution >= 0.6 is 0 Å². The molecule has 0 bridgehead atoms. The number of nitrogens with zero attached hydrogens (tertiary/aromatic N) is 4. The number of aryl methyl sites for hydroxylation is 4. The second-order valence-corrected chi connectivity index (χ2v) is 6.77. The Morgan fingerprint density at radius 1 is 1.21 bits per heavy atom. The number of nitrogens with one attached hydrogen (secondary N) is 1. The maximum absolute atomic E-state index is 12.2. The molecule has 9 heteroatoms. The maximum Gasteiger partial charge on any atom is 0.306 e. The summed E-state index contributed by atoms with van der Waals surface area (Å²) >= 11 is 0. The molecule has 0 saturated carbocycles. The molecule has 0 aromatic carbocycles. The van der Waals surface area contributed by atoms with E-state index in [1.807, 2.05) is 26.8 Å². The highest BCUT2D eigenvalue weighted by atomic mass is 16.5. The van der Waals surface area contributed by atoms with Crippen molar-refractivity contribution in [1.29, 1.82) is 0 Å². The highest BCUT2D eigenvalue weighted by Gasteiger charge is 2.20. The lowest BCUT2D eigenvalue weighted by Gasteiger charge is -2.13. The average Bonchev–Trinajstić information content (AvgIpc) is 3.19. The Balaban J connectivity index is 1.59. The topological polar surface area (TPSA) is 112 Å². The van der Waals surface area contributed by atoms with Crippen LogP contribution in [0.2, 0.25) is 0 Å². The monoisotopic (exact) mass is 385 g/mol. The zero-order chi connectivity index (χ0) is 20.4. The molecule has 28 heavy (non-hydrogen) atoms. The second kappa shape index (κ2) is 7.79. The molecule has 0 aliphatic heterocycles. The molecular formula is C19H23N5O4. The van der Waals surface area contributed by atoms with Gasteiger partial charge in [0.05, 0.1) is 11.4 Å². The Hall–Kier alpha value is -3.23. The first-order valence-electron chi connectivity index (χ1n) is 9.00. The molecule has 0 radical (unpaired) electrons. The van der Waals surface area contributed by atoms with Gasteiger partial charge in [-0.3, -0.25) is 14.9 Å². The van der Waals surface area contributed by atoms with Crippen molar-refractivity contribution in [1.82, 2.24) is 19.8 Å². The molecule has 9 nitrogen and oxygen atoms in total. The van der Waals surface area contributed by atoms with Crippen LogP contribution in [-0.4, -0.2) is 37.7 Å². The third-order valence-corrected chi connectivity index (χ3v) is 4.42. The largest absolute Gasteiger partial charge is 0.453 e. The fourth-order valence-corrected chi connectivity index (χ4v) is 2.99. The summed E-state index contributed by atoms with van der Waals surface area (Å²) in [6.07, 6.45) is -0.364. The number of hydrogen-bond acceptors (Lipinski definition) is 7. The van der Waals surface area contributed by atoms with Gasteiger partial charge in [-0.15, -0.1) is 0 Å². The van der Waals surface area contributed by atoms with Gasteiger partial charge in [0.1, 0.15) is 0 Å². The van der Waals surface area contributed by atoms with Gasteiger partial charge in [0.25, 0.3) is 5.91 Å². The first-order valence-corrected chi connectivity index (χ1v) is 9.00. The van der Waals surface area contributed by atoms with Crippen LogP contribution in [0.5, 0.6) is 0 Å². The summed E-state index contributed by atoms with van der Waals surface area (Å²) < 4.78 is 11.9. The van der Waals surface area contributed by atoms with Gasteiger partial charge in [0, 0.05) is 29.9 Å². The van der Waals surface area contributed by atoms with Gasteiger partial charge in [-0.1, -0.05) is 5.16 Å². The number of carbonyl (C=O) groups excluding carboxylic acids is 2.